The molecule has 210 valence electrons. The summed E-state index contributed by atoms with van der Waals surface area (Å²) >= 11 is 0. The summed E-state index contributed by atoms with van der Waals surface area (Å²) in [5.41, 5.74) is 7.35. The number of benzene rings is 2. The van der Waals surface area contributed by atoms with Gasteiger partial charge in [0, 0.05) is 54.3 Å². The van der Waals surface area contributed by atoms with Crippen LogP contribution in [0.3, 0.4) is 0 Å². The first-order chi connectivity index (χ1) is 18.7. The van der Waals surface area contributed by atoms with Crippen LogP contribution in [-0.4, -0.2) is 48.0 Å². The van der Waals surface area contributed by atoms with Crippen molar-refractivity contribution in [3.63, 3.8) is 0 Å². The second-order valence-electron chi connectivity index (χ2n) is 12.7. The number of allylic oxidation sites excluding steroid dienone is 7. The van der Waals surface area contributed by atoms with Gasteiger partial charge in [-0.05, 0) is 64.5 Å². The van der Waals surface area contributed by atoms with Crippen LogP contribution in [-0.2, 0) is 15.6 Å². The molecular formula is C35H44N3O2+. The van der Waals surface area contributed by atoms with Crippen molar-refractivity contribution in [1.82, 2.24) is 4.90 Å². The lowest BCUT2D eigenvalue weighted by molar-refractivity contribution is -0.401. The molecule has 0 aromatic heterocycles. The Morgan fingerprint density at radius 2 is 1.57 bits per heavy atom. The zero-order valence-electron chi connectivity index (χ0n) is 25.7. The molecule has 0 fully saturated rings. The smallest absolute Gasteiger partial charge is 0.414 e. The summed E-state index contributed by atoms with van der Waals surface area (Å²) in [5.74, 6) is 0. The summed E-state index contributed by atoms with van der Waals surface area (Å²) in [7, 11) is 5.96. The molecule has 2 aromatic rings. The summed E-state index contributed by atoms with van der Waals surface area (Å²) in [5, 5.41) is 0. The van der Waals surface area contributed by atoms with Crippen molar-refractivity contribution in [2.45, 2.75) is 64.9 Å². The average molecular weight is 539 g/mol. The van der Waals surface area contributed by atoms with Crippen LogP contribution in [0, 0.1) is 0 Å². The van der Waals surface area contributed by atoms with Crippen LogP contribution in [0.25, 0.3) is 0 Å². The quantitative estimate of drug-likeness (QED) is 0.287. The summed E-state index contributed by atoms with van der Waals surface area (Å²) in [6.45, 7) is 14.6. The predicted molar refractivity (Wildman–Crippen MR) is 167 cm³/mol. The monoisotopic (exact) mass is 538 g/mol. The number of likely N-dealkylation sites (N-methyl/N-ethyl adjacent to an activating group) is 2. The van der Waals surface area contributed by atoms with Gasteiger partial charge < -0.3 is 9.64 Å². The highest BCUT2D eigenvalue weighted by Crippen LogP contribution is 2.46. The third kappa shape index (κ3) is 5.42. The Balaban J connectivity index is 1.67. The molecule has 2 aliphatic heterocycles. The minimum Gasteiger partial charge on any atom is -0.443 e. The summed E-state index contributed by atoms with van der Waals surface area (Å²) in [6.07, 6.45) is 11.9. The van der Waals surface area contributed by atoms with Gasteiger partial charge in [-0.2, -0.15) is 4.58 Å². The number of amides is 1. The van der Waals surface area contributed by atoms with Crippen LogP contribution in [0.4, 0.5) is 16.2 Å². The van der Waals surface area contributed by atoms with Crippen molar-refractivity contribution >= 4 is 23.2 Å². The van der Waals surface area contributed by atoms with Crippen molar-refractivity contribution < 1.29 is 14.1 Å². The van der Waals surface area contributed by atoms with Crippen molar-refractivity contribution in [3.05, 3.63) is 108 Å². The molecule has 0 bridgehead atoms. The molecule has 5 heteroatoms. The molecule has 1 amide bonds. The lowest BCUT2D eigenvalue weighted by Crippen LogP contribution is -2.33. The van der Waals surface area contributed by atoms with Crippen LogP contribution in [0.15, 0.2) is 96.4 Å². The van der Waals surface area contributed by atoms with Gasteiger partial charge in [0.15, 0.2) is 5.71 Å². The first kappa shape index (κ1) is 29.1. The third-order valence-electron chi connectivity index (χ3n) is 7.98. The topological polar surface area (TPSA) is 35.8 Å². The molecule has 2 aliphatic rings. The molecule has 0 radical (unpaired) electrons. The zero-order chi connectivity index (χ0) is 29.5. The lowest BCUT2D eigenvalue weighted by atomic mass is 9.81. The van der Waals surface area contributed by atoms with Gasteiger partial charge >= 0.3 is 6.09 Å². The van der Waals surface area contributed by atoms with E-state index in [-0.39, 0.29) is 10.8 Å². The van der Waals surface area contributed by atoms with Crippen LogP contribution in [0.2, 0.25) is 0 Å². The second kappa shape index (κ2) is 10.6. The third-order valence-corrected chi connectivity index (χ3v) is 7.98. The summed E-state index contributed by atoms with van der Waals surface area (Å²) in [4.78, 5) is 16.8. The Labute approximate surface area is 240 Å². The fourth-order valence-corrected chi connectivity index (χ4v) is 5.79. The van der Waals surface area contributed by atoms with Gasteiger partial charge in [0.25, 0.3) is 0 Å². The number of carbonyl (C=O) groups excluding carboxylic acids is 1. The number of anilines is 1. The van der Waals surface area contributed by atoms with Gasteiger partial charge in [-0.15, -0.1) is 0 Å². The first-order valence-electron chi connectivity index (χ1n) is 13.9. The minimum absolute atomic E-state index is 0.124. The van der Waals surface area contributed by atoms with Crippen molar-refractivity contribution in [1.29, 1.82) is 0 Å². The van der Waals surface area contributed by atoms with Gasteiger partial charge in [-0.25, -0.2) is 4.79 Å². The van der Waals surface area contributed by atoms with E-state index in [4.69, 9.17) is 4.74 Å². The molecule has 2 aromatic carbocycles. The maximum Gasteiger partial charge on any atom is 0.414 e. The lowest BCUT2D eigenvalue weighted by Gasteiger charge is -2.25. The molecule has 40 heavy (non-hydrogen) atoms. The maximum absolute atomic E-state index is 13.0. The molecule has 0 aliphatic carbocycles. The molecule has 0 spiro atoms. The normalized spacial score (nSPS) is 19.1. The molecular weight excluding hydrogens is 494 g/mol. The molecule has 0 saturated heterocycles. The molecule has 5 nitrogen and oxygen atoms in total. The van der Waals surface area contributed by atoms with Gasteiger partial charge in [-0.3, -0.25) is 4.90 Å². The number of hydrogen-bond donors (Lipinski definition) is 0. The van der Waals surface area contributed by atoms with E-state index in [0.29, 0.717) is 0 Å². The van der Waals surface area contributed by atoms with E-state index in [9.17, 15) is 4.79 Å². The summed E-state index contributed by atoms with van der Waals surface area (Å²) < 4.78 is 7.92. The van der Waals surface area contributed by atoms with E-state index in [2.05, 4.69) is 112 Å². The maximum atomic E-state index is 13.0. The van der Waals surface area contributed by atoms with Gasteiger partial charge in [-0.1, -0.05) is 62.4 Å². The molecule has 0 N–H and O–H groups in total. The molecule has 0 saturated carbocycles. The Bertz CT molecular complexity index is 1460. The Morgan fingerprint density at radius 1 is 0.950 bits per heavy atom. The number of rotatable bonds is 5. The van der Waals surface area contributed by atoms with E-state index in [1.54, 1.807) is 11.9 Å². The van der Waals surface area contributed by atoms with Crippen molar-refractivity contribution in [2.24, 2.45) is 0 Å². The zero-order valence-corrected chi connectivity index (χ0v) is 25.7. The number of fused-ring (bicyclic) bond motifs is 2. The Hall–Kier alpha value is -3.86. The number of para-hydroxylation sites is 2. The van der Waals surface area contributed by atoms with Crippen LogP contribution >= 0.6 is 0 Å². The predicted octanol–water partition coefficient (Wildman–Crippen LogP) is 7.87. The van der Waals surface area contributed by atoms with E-state index in [1.807, 2.05) is 45.1 Å². The van der Waals surface area contributed by atoms with Gasteiger partial charge in [0.05, 0.1) is 5.41 Å². The standard InChI is InChI=1S/C35H44N3O2/c1-33(2,3)40-32(39)36(8)25(17-15-23-30-34(4,5)26-19-11-13-21-28(26)37(30)9)18-16-24-31-35(6,7)27-20-12-14-22-29(27)38(31)10/h11-24H,1-10H3/q+1. The van der Waals surface area contributed by atoms with Crippen molar-refractivity contribution in [3.8, 4) is 0 Å². The number of nitrogens with zero attached hydrogens (tertiary/aromatic N) is 3. The fourth-order valence-electron chi connectivity index (χ4n) is 5.79. The highest BCUT2D eigenvalue weighted by atomic mass is 16.6. The molecule has 2 heterocycles. The van der Waals surface area contributed by atoms with Crippen LogP contribution < -0.4 is 4.90 Å². The van der Waals surface area contributed by atoms with E-state index in [1.165, 1.54) is 33.9 Å². The second-order valence-corrected chi connectivity index (χ2v) is 12.7. The Morgan fingerprint density at radius 3 is 2.20 bits per heavy atom. The highest BCUT2D eigenvalue weighted by molar-refractivity contribution is 6.03. The highest BCUT2D eigenvalue weighted by Gasteiger charge is 2.42. The van der Waals surface area contributed by atoms with Crippen LogP contribution in [0.5, 0.6) is 0 Å². The van der Waals surface area contributed by atoms with Crippen molar-refractivity contribution in [2.75, 3.05) is 26.0 Å². The van der Waals surface area contributed by atoms with E-state index in [0.717, 1.165) is 5.70 Å². The molecule has 4 rings (SSSR count). The number of ether oxygens (including phenoxy) is 1. The average Bonchev–Trinajstić information content (AvgIpc) is 3.20. The van der Waals surface area contributed by atoms with Gasteiger partial charge in [0.1, 0.15) is 12.6 Å². The molecule has 0 unspecified atom stereocenters. The largest absolute Gasteiger partial charge is 0.443 e. The number of hydrogen-bond acceptors (Lipinski definition) is 3. The summed E-state index contributed by atoms with van der Waals surface area (Å²) in [6, 6.07) is 17.0. The first-order valence-corrected chi connectivity index (χ1v) is 13.9. The van der Waals surface area contributed by atoms with E-state index < -0.39 is 11.7 Å². The van der Waals surface area contributed by atoms with Crippen LogP contribution in [0.1, 0.15) is 59.6 Å². The Kier molecular flexibility index (Phi) is 7.72. The SMILES string of the molecule is CN(C(=O)OC(C)(C)C)C(C=CC=C1N(C)c2ccccc2C1(C)C)=CC=CC1=[N+](C)c2ccccc2C1(C)C. The fraction of sp³-hybridized carbons (Fsp3) is 0.371. The number of carbonyl (C=O) groups is 1. The van der Waals surface area contributed by atoms with E-state index >= 15 is 0 Å². The molecule has 0 atom stereocenters. The minimum atomic E-state index is -0.585. The van der Waals surface area contributed by atoms with Gasteiger partial charge in [0.2, 0.25) is 5.69 Å².